The zero-order chi connectivity index (χ0) is 11.3. The molecule has 0 atom stereocenters. The van der Waals surface area contributed by atoms with E-state index >= 15 is 0 Å². The summed E-state index contributed by atoms with van der Waals surface area (Å²) in [7, 11) is 0. The molecule has 0 bridgehead atoms. The number of hydrogen-bond donors (Lipinski definition) is 1. The molecule has 5 nitrogen and oxygen atoms in total. The predicted octanol–water partition coefficient (Wildman–Crippen LogP) is 1.42. The van der Waals surface area contributed by atoms with Crippen LogP contribution in [0.25, 0.3) is 5.78 Å². The Morgan fingerprint density at radius 3 is 2.81 bits per heavy atom. The molecule has 1 saturated carbocycles. The molecule has 84 valence electrons. The molecule has 1 fully saturated rings. The quantitative estimate of drug-likeness (QED) is 0.829. The average Bonchev–Trinajstić information content (AvgIpc) is 2.98. The van der Waals surface area contributed by atoms with E-state index in [2.05, 4.69) is 15.1 Å². The molecule has 1 aliphatic carbocycles. The maximum atomic E-state index is 11.8. The summed E-state index contributed by atoms with van der Waals surface area (Å²) >= 11 is 0. The van der Waals surface area contributed by atoms with E-state index in [-0.39, 0.29) is 11.5 Å². The highest BCUT2D eigenvalue weighted by molar-refractivity contribution is 5.30. The van der Waals surface area contributed by atoms with Crippen LogP contribution >= 0.6 is 0 Å². The lowest BCUT2D eigenvalue weighted by Crippen LogP contribution is -2.16. The van der Waals surface area contributed by atoms with Crippen molar-refractivity contribution >= 4 is 5.78 Å². The Bertz CT molecular complexity index is 592. The van der Waals surface area contributed by atoms with Gasteiger partial charge in [-0.2, -0.15) is 9.50 Å². The standard InChI is InChI=1S/C11H14N4O/c1-6(2)8-5-9(16)15-11(12-8)13-10(14-15)7-3-4-7/h5-7H,3-4H2,1-2H3,(H,12,13,14). The van der Waals surface area contributed by atoms with E-state index < -0.39 is 0 Å². The van der Waals surface area contributed by atoms with E-state index in [1.807, 2.05) is 13.8 Å². The molecule has 1 aliphatic rings. The molecule has 0 spiro atoms. The van der Waals surface area contributed by atoms with Gasteiger partial charge in [0.1, 0.15) is 5.82 Å². The first-order chi connectivity index (χ1) is 7.65. The summed E-state index contributed by atoms with van der Waals surface area (Å²) in [6, 6.07) is 1.58. The van der Waals surface area contributed by atoms with Gasteiger partial charge in [0.2, 0.25) is 0 Å². The molecule has 5 heteroatoms. The van der Waals surface area contributed by atoms with E-state index in [0.717, 1.165) is 24.4 Å². The molecule has 2 aromatic heterocycles. The van der Waals surface area contributed by atoms with Gasteiger partial charge in [0.05, 0.1) is 5.69 Å². The van der Waals surface area contributed by atoms with Crippen LogP contribution < -0.4 is 5.56 Å². The van der Waals surface area contributed by atoms with Crippen molar-refractivity contribution in [3.63, 3.8) is 0 Å². The summed E-state index contributed by atoms with van der Waals surface area (Å²) in [6.07, 6.45) is 2.32. The number of rotatable bonds is 2. The predicted molar refractivity (Wildman–Crippen MR) is 59.7 cm³/mol. The number of aromatic amines is 1. The van der Waals surface area contributed by atoms with Gasteiger partial charge in [-0.25, -0.2) is 4.98 Å². The Labute approximate surface area is 92.5 Å². The minimum Gasteiger partial charge on any atom is -0.275 e. The first-order valence-corrected chi connectivity index (χ1v) is 5.65. The number of fused-ring (bicyclic) bond motifs is 1. The Morgan fingerprint density at radius 2 is 2.19 bits per heavy atom. The third kappa shape index (κ3) is 1.43. The van der Waals surface area contributed by atoms with E-state index in [1.54, 1.807) is 6.07 Å². The fraction of sp³-hybridized carbons (Fsp3) is 0.545. The fourth-order valence-electron chi connectivity index (χ4n) is 1.75. The van der Waals surface area contributed by atoms with Crippen molar-refractivity contribution in [1.82, 2.24) is 19.6 Å². The highest BCUT2D eigenvalue weighted by atomic mass is 16.1. The Kier molecular flexibility index (Phi) is 1.89. The van der Waals surface area contributed by atoms with Gasteiger partial charge in [-0.1, -0.05) is 13.8 Å². The molecular weight excluding hydrogens is 204 g/mol. The number of hydrogen-bond acceptors (Lipinski definition) is 3. The normalized spacial score (nSPS) is 16.2. The maximum Gasteiger partial charge on any atom is 0.274 e. The topological polar surface area (TPSA) is 63.0 Å². The van der Waals surface area contributed by atoms with Crippen LogP contribution in [0, 0.1) is 0 Å². The second kappa shape index (κ2) is 3.17. The van der Waals surface area contributed by atoms with Gasteiger partial charge in [0.15, 0.2) is 0 Å². The van der Waals surface area contributed by atoms with E-state index in [0.29, 0.717) is 11.7 Å². The van der Waals surface area contributed by atoms with Crippen LogP contribution in [0.4, 0.5) is 0 Å². The summed E-state index contributed by atoms with van der Waals surface area (Å²) in [6.45, 7) is 4.04. The van der Waals surface area contributed by atoms with E-state index in [9.17, 15) is 4.79 Å². The van der Waals surface area contributed by atoms with Gasteiger partial charge in [-0.15, -0.1) is 0 Å². The molecular formula is C11H14N4O. The SMILES string of the molecule is CC(C)c1cc(=O)n2[nH]c(C3CC3)nc2n1. The second-order valence-corrected chi connectivity index (χ2v) is 4.69. The fourth-order valence-corrected chi connectivity index (χ4v) is 1.75. The van der Waals surface area contributed by atoms with Crippen molar-refractivity contribution in [2.24, 2.45) is 0 Å². The van der Waals surface area contributed by atoms with Gasteiger partial charge in [0, 0.05) is 12.0 Å². The summed E-state index contributed by atoms with van der Waals surface area (Å²) in [5.41, 5.74) is 0.729. The summed E-state index contributed by atoms with van der Waals surface area (Å²) in [5.74, 6) is 2.14. The number of nitrogens with one attached hydrogen (secondary N) is 1. The van der Waals surface area contributed by atoms with Crippen LogP contribution in [0.1, 0.15) is 50.0 Å². The van der Waals surface area contributed by atoms with Crippen LogP contribution in [0.15, 0.2) is 10.9 Å². The number of H-pyrrole nitrogens is 1. The highest BCUT2D eigenvalue weighted by Gasteiger charge is 2.27. The van der Waals surface area contributed by atoms with Gasteiger partial charge in [-0.05, 0) is 18.8 Å². The average molecular weight is 218 g/mol. The third-order valence-electron chi connectivity index (χ3n) is 2.92. The maximum absolute atomic E-state index is 11.8. The molecule has 1 N–H and O–H groups in total. The number of aromatic nitrogens is 4. The molecule has 2 heterocycles. The van der Waals surface area contributed by atoms with Crippen molar-refractivity contribution in [2.75, 3.05) is 0 Å². The zero-order valence-corrected chi connectivity index (χ0v) is 9.40. The number of nitrogens with zero attached hydrogens (tertiary/aromatic N) is 3. The first kappa shape index (κ1) is 9.57. The smallest absolute Gasteiger partial charge is 0.274 e. The lowest BCUT2D eigenvalue weighted by atomic mass is 10.1. The second-order valence-electron chi connectivity index (χ2n) is 4.69. The van der Waals surface area contributed by atoms with Crippen LogP contribution in [0.3, 0.4) is 0 Å². The Morgan fingerprint density at radius 1 is 1.44 bits per heavy atom. The monoisotopic (exact) mass is 218 g/mol. The van der Waals surface area contributed by atoms with Gasteiger partial charge < -0.3 is 0 Å². The van der Waals surface area contributed by atoms with Crippen molar-refractivity contribution in [2.45, 2.75) is 38.5 Å². The molecule has 0 aliphatic heterocycles. The lowest BCUT2D eigenvalue weighted by molar-refractivity contribution is 0.789. The van der Waals surface area contributed by atoms with Crippen LogP contribution in [-0.4, -0.2) is 19.6 Å². The van der Waals surface area contributed by atoms with E-state index in [4.69, 9.17) is 0 Å². The van der Waals surface area contributed by atoms with Crippen molar-refractivity contribution in [1.29, 1.82) is 0 Å². The molecule has 0 unspecified atom stereocenters. The molecule has 0 amide bonds. The van der Waals surface area contributed by atoms with Crippen molar-refractivity contribution < 1.29 is 0 Å². The van der Waals surface area contributed by atoms with Crippen LogP contribution in [0.2, 0.25) is 0 Å². The highest BCUT2D eigenvalue weighted by Crippen LogP contribution is 2.37. The summed E-state index contributed by atoms with van der Waals surface area (Å²) in [5, 5.41) is 3.02. The largest absolute Gasteiger partial charge is 0.275 e. The van der Waals surface area contributed by atoms with Gasteiger partial charge >= 0.3 is 0 Å². The molecule has 3 rings (SSSR count). The van der Waals surface area contributed by atoms with Gasteiger partial charge in [0.25, 0.3) is 11.3 Å². The van der Waals surface area contributed by atoms with Crippen LogP contribution in [0.5, 0.6) is 0 Å². The molecule has 0 saturated heterocycles. The minimum absolute atomic E-state index is 0.0758. The zero-order valence-electron chi connectivity index (χ0n) is 9.40. The van der Waals surface area contributed by atoms with Crippen molar-refractivity contribution in [3.05, 3.63) is 27.9 Å². The molecule has 0 radical (unpaired) electrons. The van der Waals surface area contributed by atoms with Crippen molar-refractivity contribution in [3.8, 4) is 0 Å². The van der Waals surface area contributed by atoms with E-state index in [1.165, 1.54) is 4.52 Å². The summed E-state index contributed by atoms with van der Waals surface area (Å²) in [4.78, 5) is 20.6. The molecule has 0 aromatic carbocycles. The molecule has 2 aromatic rings. The lowest BCUT2D eigenvalue weighted by Gasteiger charge is -2.01. The minimum atomic E-state index is -0.0758. The third-order valence-corrected chi connectivity index (χ3v) is 2.92. The summed E-state index contributed by atoms with van der Waals surface area (Å²) < 4.78 is 1.43. The van der Waals surface area contributed by atoms with Crippen LogP contribution in [-0.2, 0) is 0 Å². The Hall–Kier alpha value is -1.65. The van der Waals surface area contributed by atoms with Gasteiger partial charge in [-0.3, -0.25) is 9.89 Å². The molecule has 16 heavy (non-hydrogen) atoms. The Balaban J connectivity index is 2.21. The first-order valence-electron chi connectivity index (χ1n) is 5.65.